The Balaban J connectivity index is 1.77. The summed E-state index contributed by atoms with van der Waals surface area (Å²) in [5.41, 5.74) is 1.75. The minimum absolute atomic E-state index is 0.132. The Hall–Kier alpha value is -3.49. The maximum atomic E-state index is 12.6. The summed E-state index contributed by atoms with van der Waals surface area (Å²) in [6.45, 7) is 5.15. The number of carbonyl (C=O) groups excluding carboxylic acids is 4. The average molecular weight is 384 g/mol. The molecule has 0 aliphatic carbocycles. The van der Waals surface area contributed by atoms with E-state index in [1.54, 1.807) is 18.5 Å². The van der Waals surface area contributed by atoms with Crippen LogP contribution in [-0.4, -0.2) is 57.6 Å². The number of hydrogen-bond donors (Lipinski definition) is 1. The van der Waals surface area contributed by atoms with E-state index in [-0.39, 0.29) is 12.1 Å². The van der Waals surface area contributed by atoms with Crippen molar-refractivity contribution in [2.24, 2.45) is 0 Å². The molecule has 9 heteroatoms. The summed E-state index contributed by atoms with van der Waals surface area (Å²) in [6.07, 6.45) is -1.26. The van der Waals surface area contributed by atoms with Crippen LogP contribution in [0.2, 0.25) is 0 Å². The van der Waals surface area contributed by atoms with Crippen molar-refractivity contribution in [1.29, 1.82) is 0 Å². The van der Waals surface area contributed by atoms with Crippen molar-refractivity contribution in [2.75, 3.05) is 13.1 Å². The average Bonchev–Trinajstić information content (AvgIpc) is 3.23. The zero-order valence-corrected chi connectivity index (χ0v) is 15.8. The number of rotatable bonds is 5. The Bertz CT molecular complexity index is 951. The molecule has 1 N–H and O–H groups in total. The molecule has 0 bridgehead atoms. The normalized spacial score (nSPS) is 14.5. The van der Waals surface area contributed by atoms with E-state index in [0.717, 1.165) is 10.6 Å². The van der Waals surface area contributed by atoms with Crippen LogP contribution < -0.4 is 5.32 Å². The molecule has 3 rings (SSSR count). The number of ether oxygens (including phenoxy) is 1. The third-order valence-electron chi connectivity index (χ3n) is 4.46. The molecular weight excluding hydrogens is 364 g/mol. The summed E-state index contributed by atoms with van der Waals surface area (Å²) < 4.78 is 6.59. The lowest BCUT2D eigenvalue weighted by molar-refractivity contribution is -0.153. The lowest BCUT2D eigenvalue weighted by atomic mass is 10.1. The second kappa shape index (κ2) is 7.63. The second-order valence-electron chi connectivity index (χ2n) is 6.39. The highest BCUT2D eigenvalue weighted by Gasteiger charge is 2.34. The predicted octanol–water partition coefficient (Wildman–Crippen LogP) is 1.16. The van der Waals surface area contributed by atoms with E-state index in [9.17, 15) is 19.2 Å². The van der Waals surface area contributed by atoms with Crippen LogP contribution in [0.15, 0.2) is 30.3 Å². The van der Waals surface area contributed by atoms with Crippen molar-refractivity contribution in [3.63, 3.8) is 0 Å². The number of urea groups is 1. The number of amides is 3. The number of ketones is 1. The van der Waals surface area contributed by atoms with E-state index in [4.69, 9.17) is 4.74 Å². The summed E-state index contributed by atoms with van der Waals surface area (Å²) in [5, 5.41) is 6.82. The highest BCUT2D eigenvalue weighted by Crippen LogP contribution is 2.19. The first-order chi connectivity index (χ1) is 13.3. The highest BCUT2D eigenvalue weighted by molar-refractivity contribution is 6.41. The summed E-state index contributed by atoms with van der Waals surface area (Å²) in [5.74, 6) is -2.73. The molecular formula is C19H20N4O5. The molecule has 146 valence electrons. The lowest BCUT2D eigenvalue weighted by Gasteiger charge is -2.17. The van der Waals surface area contributed by atoms with E-state index < -0.39 is 29.8 Å². The molecule has 28 heavy (non-hydrogen) atoms. The fraction of sp³-hybridized carbons (Fsp3) is 0.316. The molecule has 0 saturated carbocycles. The van der Waals surface area contributed by atoms with Gasteiger partial charge in [0.05, 0.1) is 22.6 Å². The van der Waals surface area contributed by atoms with Crippen molar-refractivity contribution in [3.05, 3.63) is 47.3 Å². The van der Waals surface area contributed by atoms with E-state index in [0.29, 0.717) is 17.9 Å². The van der Waals surface area contributed by atoms with Gasteiger partial charge in [-0.15, -0.1) is 0 Å². The standard InChI is InChI=1S/C19H20N4O5/c1-11-15(12(2)23(21-11)14-7-5-4-6-8-14)16(24)18(26)28-13(3)17(25)22-10-9-20-19(22)27/h4-8,13H,9-10H2,1-3H3,(H,20,27)/t13-/m1/s1. The zero-order chi connectivity index (χ0) is 20.4. The van der Waals surface area contributed by atoms with Crippen LogP contribution in [0.4, 0.5) is 4.79 Å². The van der Waals surface area contributed by atoms with Gasteiger partial charge < -0.3 is 10.1 Å². The van der Waals surface area contributed by atoms with Crippen molar-refractivity contribution in [1.82, 2.24) is 20.0 Å². The molecule has 2 heterocycles. The number of esters is 1. The van der Waals surface area contributed by atoms with Gasteiger partial charge >= 0.3 is 12.0 Å². The molecule has 1 fully saturated rings. The summed E-state index contributed by atoms with van der Waals surface area (Å²) in [4.78, 5) is 49.7. The summed E-state index contributed by atoms with van der Waals surface area (Å²) in [7, 11) is 0. The van der Waals surface area contributed by atoms with Crippen molar-refractivity contribution >= 4 is 23.7 Å². The molecule has 9 nitrogen and oxygen atoms in total. The Morgan fingerprint density at radius 1 is 1.18 bits per heavy atom. The Morgan fingerprint density at radius 2 is 1.86 bits per heavy atom. The molecule has 0 radical (unpaired) electrons. The molecule has 1 aliphatic rings. The Kier molecular flexibility index (Phi) is 5.25. The number of hydrogen-bond acceptors (Lipinski definition) is 6. The Morgan fingerprint density at radius 3 is 2.46 bits per heavy atom. The quantitative estimate of drug-likeness (QED) is 0.470. The molecule has 1 saturated heterocycles. The number of nitrogens with one attached hydrogen (secondary N) is 1. The van der Waals surface area contributed by atoms with Crippen LogP contribution in [0.5, 0.6) is 0 Å². The van der Waals surface area contributed by atoms with Gasteiger partial charge in [-0.2, -0.15) is 5.10 Å². The van der Waals surface area contributed by atoms with Crippen LogP contribution in [-0.2, 0) is 14.3 Å². The number of aryl methyl sites for hydroxylation is 1. The fourth-order valence-corrected chi connectivity index (χ4v) is 3.06. The largest absolute Gasteiger partial charge is 0.447 e. The van der Waals surface area contributed by atoms with Gasteiger partial charge in [-0.05, 0) is 32.9 Å². The zero-order valence-electron chi connectivity index (χ0n) is 15.8. The van der Waals surface area contributed by atoms with Crippen molar-refractivity contribution in [3.8, 4) is 5.69 Å². The molecule has 1 aromatic carbocycles. The minimum atomic E-state index is -1.26. The van der Waals surface area contributed by atoms with E-state index in [1.165, 1.54) is 6.92 Å². The number of aromatic nitrogens is 2. The van der Waals surface area contributed by atoms with Gasteiger partial charge in [-0.3, -0.25) is 14.5 Å². The van der Waals surface area contributed by atoms with Crippen LogP contribution in [0.3, 0.4) is 0 Å². The fourth-order valence-electron chi connectivity index (χ4n) is 3.06. The second-order valence-corrected chi connectivity index (χ2v) is 6.39. The van der Waals surface area contributed by atoms with Crippen LogP contribution in [0, 0.1) is 13.8 Å². The van der Waals surface area contributed by atoms with Gasteiger partial charge in [0.15, 0.2) is 6.10 Å². The number of para-hydroxylation sites is 1. The first kappa shape index (κ1) is 19.3. The maximum absolute atomic E-state index is 12.6. The molecule has 0 spiro atoms. The molecule has 2 aromatic rings. The monoisotopic (exact) mass is 384 g/mol. The molecule has 1 aromatic heterocycles. The van der Waals surface area contributed by atoms with Crippen LogP contribution in [0.25, 0.3) is 5.69 Å². The van der Waals surface area contributed by atoms with Crippen molar-refractivity contribution in [2.45, 2.75) is 26.9 Å². The van der Waals surface area contributed by atoms with Gasteiger partial charge in [0, 0.05) is 13.1 Å². The number of nitrogens with zero attached hydrogens (tertiary/aromatic N) is 3. The van der Waals surface area contributed by atoms with Gasteiger partial charge in [-0.25, -0.2) is 14.3 Å². The topological polar surface area (TPSA) is 111 Å². The smallest absolute Gasteiger partial charge is 0.380 e. The van der Waals surface area contributed by atoms with E-state index >= 15 is 0 Å². The van der Waals surface area contributed by atoms with Gasteiger partial charge in [0.2, 0.25) is 0 Å². The molecule has 1 aliphatic heterocycles. The summed E-state index contributed by atoms with van der Waals surface area (Å²) in [6, 6.07) is 8.64. The molecule has 1 atom stereocenters. The van der Waals surface area contributed by atoms with Gasteiger partial charge in [0.1, 0.15) is 0 Å². The first-order valence-corrected chi connectivity index (χ1v) is 8.77. The lowest BCUT2D eigenvalue weighted by Crippen LogP contribution is -2.42. The first-order valence-electron chi connectivity index (χ1n) is 8.77. The Labute approximate surface area is 161 Å². The SMILES string of the molecule is Cc1nn(-c2ccccc2)c(C)c1C(=O)C(=O)O[C@H](C)C(=O)N1CCNC1=O. The van der Waals surface area contributed by atoms with Crippen molar-refractivity contribution < 1.29 is 23.9 Å². The van der Waals surface area contributed by atoms with Crippen LogP contribution >= 0.6 is 0 Å². The summed E-state index contributed by atoms with van der Waals surface area (Å²) >= 11 is 0. The highest BCUT2D eigenvalue weighted by atomic mass is 16.6. The predicted molar refractivity (Wildman–Crippen MR) is 98.0 cm³/mol. The molecule has 0 unspecified atom stereocenters. The van der Waals surface area contributed by atoms with E-state index in [1.807, 2.05) is 30.3 Å². The van der Waals surface area contributed by atoms with Gasteiger partial charge in [-0.1, -0.05) is 18.2 Å². The number of benzene rings is 1. The van der Waals surface area contributed by atoms with Gasteiger partial charge in [0.25, 0.3) is 11.7 Å². The van der Waals surface area contributed by atoms with Crippen LogP contribution in [0.1, 0.15) is 28.7 Å². The number of carbonyl (C=O) groups is 4. The third kappa shape index (κ3) is 3.51. The number of imide groups is 1. The maximum Gasteiger partial charge on any atom is 0.380 e. The van der Waals surface area contributed by atoms with E-state index in [2.05, 4.69) is 10.4 Å². The molecule has 3 amide bonds. The third-order valence-corrected chi connectivity index (χ3v) is 4.46. The number of Topliss-reactive ketones (excluding diaryl/α,β-unsaturated/α-hetero) is 1. The minimum Gasteiger partial charge on any atom is -0.447 e.